The standard InChI is InChI=1S/C44H84N2O5/c1-3-5-7-9-11-13-14-15-16-17-18-19-20-22-28-32-38-43(48)51-40(34-29-25-21-12-10-8-6-4-2)35-30-26-23-24-27-31-37-42(47)46-41(44(49)50)36-33-39-45/h29,34,40-41H,3-28,30-33,35-39,45H2,1-2H3,(H,46,47)(H,49,50)/b34-29-. The number of carboxylic acid groups (broad SMARTS) is 1. The van der Waals surface area contributed by atoms with Crippen LogP contribution in [0.25, 0.3) is 0 Å². The molecule has 0 aliphatic rings. The van der Waals surface area contributed by atoms with E-state index in [1.54, 1.807) is 0 Å². The molecule has 0 radical (unpaired) electrons. The van der Waals surface area contributed by atoms with E-state index in [-0.39, 0.29) is 18.0 Å². The average molecular weight is 721 g/mol. The van der Waals surface area contributed by atoms with E-state index in [4.69, 9.17) is 10.5 Å². The first-order valence-corrected chi connectivity index (χ1v) is 22.0. The van der Waals surface area contributed by atoms with Crippen LogP contribution in [0.4, 0.5) is 0 Å². The van der Waals surface area contributed by atoms with Crippen LogP contribution in [0.1, 0.15) is 232 Å². The Kier molecular flexibility index (Phi) is 37.9. The quantitative estimate of drug-likeness (QED) is 0.0329. The van der Waals surface area contributed by atoms with Crippen LogP contribution in [-0.4, -0.2) is 41.6 Å². The number of carboxylic acids is 1. The molecule has 51 heavy (non-hydrogen) atoms. The summed E-state index contributed by atoms with van der Waals surface area (Å²) >= 11 is 0. The second-order valence-corrected chi connectivity index (χ2v) is 15.1. The van der Waals surface area contributed by atoms with Gasteiger partial charge in [-0.1, -0.05) is 174 Å². The molecule has 0 aliphatic heterocycles. The van der Waals surface area contributed by atoms with Crippen LogP contribution in [0, 0.1) is 0 Å². The fourth-order valence-corrected chi connectivity index (χ4v) is 6.71. The third-order valence-corrected chi connectivity index (χ3v) is 10.1. The van der Waals surface area contributed by atoms with Crippen LogP contribution in [0.15, 0.2) is 12.2 Å². The summed E-state index contributed by atoms with van der Waals surface area (Å²) in [5, 5.41) is 11.9. The van der Waals surface area contributed by atoms with Gasteiger partial charge >= 0.3 is 11.9 Å². The monoisotopic (exact) mass is 721 g/mol. The number of esters is 1. The lowest BCUT2D eigenvalue weighted by Gasteiger charge is -2.15. The van der Waals surface area contributed by atoms with Gasteiger partial charge in [0, 0.05) is 12.8 Å². The van der Waals surface area contributed by atoms with E-state index >= 15 is 0 Å². The fraction of sp³-hybridized carbons (Fsp3) is 0.886. The molecule has 0 bridgehead atoms. The van der Waals surface area contributed by atoms with Crippen molar-refractivity contribution in [3.63, 3.8) is 0 Å². The molecule has 4 N–H and O–H groups in total. The Balaban J connectivity index is 4.18. The maximum Gasteiger partial charge on any atom is 0.326 e. The van der Waals surface area contributed by atoms with E-state index in [0.29, 0.717) is 32.2 Å². The van der Waals surface area contributed by atoms with Crippen LogP contribution >= 0.6 is 0 Å². The van der Waals surface area contributed by atoms with Gasteiger partial charge in [-0.3, -0.25) is 9.59 Å². The molecular formula is C44H84N2O5. The molecule has 0 aromatic carbocycles. The minimum Gasteiger partial charge on any atom is -0.480 e. The molecule has 0 saturated carbocycles. The number of carbonyl (C=O) groups is 3. The first-order chi connectivity index (χ1) is 24.9. The third kappa shape index (κ3) is 36.3. The normalized spacial score (nSPS) is 12.7. The van der Waals surface area contributed by atoms with Crippen molar-refractivity contribution in [1.82, 2.24) is 5.32 Å². The Labute approximate surface area is 315 Å². The van der Waals surface area contributed by atoms with Crippen molar-refractivity contribution in [2.45, 2.75) is 244 Å². The number of hydrogen-bond donors (Lipinski definition) is 3. The van der Waals surface area contributed by atoms with Gasteiger partial charge in [0.25, 0.3) is 0 Å². The molecule has 2 atom stereocenters. The van der Waals surface area contributed by atoms with Crippen molar-refractivity contribution in [3.8, 4) is 0 Å². The van der Waals surface area contributed by atoms with Crippen molar-refractivity contribution in [1.29, 1.82) is 0 Å². The molecule has 300 valence electrons. The minimum atomic E-state index is -1.00. The summed E-state index contributed by atoms with van der Waals surface area (Å²) in [4.78, 5) is 36.2. The highest BCUT2D eigenvalue weighted by Crippen LogP contribution is 2.17. The largest absolute Gasteiger partial charge is 0.480 e. The van der Waals surface area contributed by atoms with Gasteiger partial charge in [0.15, 0.2) is 0 Å². The van der Waals surface area contributed by atoms with Crippen molar-refractivity contribution < 1.29 is 24.2 Å². The lowest BCUT2D eigenvalue weighted by Crippen LogP contribution is -2.40. The first-order valence-electron chi connectivity index (χ1n) is 22.0. The zero-order valence-electron chi connectivity index (χ0n) is 33.7. The van der Waals surface area contributed by atoms with E-state index in [9.17, 15) is 19.5 Å². The molecule has 1 amide bonds. The second-order valence-electron chi connectivity index (χ2n) is 15.1. The molecular weight excluding hydrogens is 636 g/mol. The molecule has 0 aromatic rings. The highest BCUT2D eigenvalue weighted by atomic mass is 16.5. The number of ether oxygens (including phenoxy) is 1. The fourth-order valence-electron chi connectivity index (χ4n) is 6.71. The molecule has 0 saturated heterocycles. The van der Waals surface area contributed by atoms with Gasteiger partial charge in [0.2, 0.25) is 5.91 Å². The Morgan fingerprint density at radius 1 is 0.569 bits per heavy atom. The zero-order chi connectivity index (χ0) is 37.5. The number of nitrogens with two attached hydrogens (primary N) is 1. The first kappa shape index (κ1) is 49.1. The van der Waals surface area contributed by atoms with Crippen LogP contribution in [0.2, 0.25) is 0 Å². The summed E-state index contributed by atoms with van der Waals surface area (Å²) in [6, 6.07) is -0.850. The van der Waals surface area contributed by atoms with Crippen LogP contribution < -0.4 is 11.1 Å². The summed E-state index contributed by atoms with van der Waals surface area (Å²) in [5.41, 5.74) is 5.47. The van der Waals surface area contributed by atoms with E-state index in [2.05, 4.69) is 31.3 Å². The van der Waals surface area contributed by atoms with E-state index in [1.807, 2.05) is 0 Å². The summed E-state index contributed by atoms with van der Waals surface area (Å²) in [7, 11) is 0. The molecule has 7 nitrogen and oxygen atoms in total. The summed E-state index contributed by atoms with van der Waals surface area (Å²) in [6.45, 7) is 4.94. The zero-order valence-corrected chi connectivity index (χ0v) is 33.7. The van der Waals surface area contributed by atoms with Crippen LogP contribution in [0.5, 0.6) is 0 Å². The Bertz CT molecular complexity index is 817. The average Bonchev–Trinajstić information content (AvgIpc) is 3.11. The van der Waals surface area contributed by atoms with Crippen LogP contribution in [0.3, 0.4) is 0 Å². The van der Waals surface area contributed by atoms with Gasteiger partial charge in [0.1, 0.15) is 12.1 Å². The number of allylic oxidation sites excluding steroid dienone is 1. The van der Waals surface area contributed by atoms with Gasteiger partial charge in [-0.05, 0) is 64.0 Å². The van der Waals surface area contributed by atoms with Crippen molar-refractivity contribution in [3.05, 3.63) is 12.2 Å². The number of aliphatic carboxylic acids is 1. The highest BCUT2D eigenvalue weighted by Gasteiger charge is 2.18. The van der Waals surface area contributed by atoms with Gasteiger partial charge in [-0.15, -0.1) is 0 Å². The smallest absolute Gasteiger partial charge is 0.326 e. The van der Waals surface area contributed by atoms with Crippen LogP contribution in [-0.2, 0) is 19.1 Å². The van der Waals surface area contributed by atoms with Gasteiger partial charge < -0.3 is 20.9 Å². The molecule has 0 aliphatic carbocycles. The SMILES string of the molecule is CCCCCCCC/C=C\C(CCCCCCCCC(=O)NC(CCCN)C(=O)O)OC(=O)CCCCCCCCCCCCCCCCCC. The molecule has 7 heteroatoms. The van der Waals surface area contributed by atoms with E-state index in [0.717, 1.165) is 64.2 Å². The molecule has 2 unspecified atom stereocenters. The topological polar surface area (TPSA) is 119 Å². The number of rotatable bonds is 40. The second kappa shape index (κ2) is 39.3. The third-order valence-electron chi connectivity index (χ3n) is 10.1. The minimum absolute atomic E-state index is 0.0546. The van der Waals surface area contributed by atoms with Crippen molar-refractivity contribution in [2.75, 3.05) is 6.54 Å². The summed E-state index contributed by atoms with van der Waals surface area (Å²) in [6.07, 6.45) is 42.8. The Morgan fingerprint density at radius 2 is 1.00 bits per heavy atom. The lowest BCUT2D eigenvalue weighted by molar-refractivity contribution is -0.147. The Hall–Kier alpha value is -1.89. The maximum atomic E-state index is 12.7. The van der Waals surface area contributed by atoms with Gasteiger partial charge in [0.05, 0.1) is 0 Å². The highest BCUT2D eigenvalue weighted by molar-refractivity contribution is 5.83. The van der Waals surface area contributed by atoms with Crippen molar-refractivity contribution >= 4 is 17.8 Å². The Morgan fingerprint density at radius 3 is 1.47 bits per heavy atom. The molecule has 0 heterocycles. The number of unbranched alkanes of at least 4 members (excludes halogenated alkanes) is 26. The summed E-state index contributed by atoms with van der Waals surface area (Å²) in [5.74, 6) is -1.25. The van der Waals surface area contributed by atoms with Crippen molar-refractivity contribution in [2.24, 2.45) is 5.73 Å². The maximum absolute atomic E-state index is 12.7. The lowest BCUT2D eigenvalue weighted by atomic mass is 10.0. The number of carbonyl (C=O) groups excluding carboxylic acids is 2. The van der Waals surface area contributed by atoms with Gasteiger partial charge in [-0.25, -0.2) is 4.79 Å². The van der Waals surface area contributed by atoms with E-state index < -0.39 is 12.0 Å². The van der Waals surface area contributed by atoms with E-state index in [1.165, 1.54) is 128 Å². The number of nitrogens with one attached hydrogen (secondary N) is 1. The number of amides is 1. The molecule has 0 spiro atoms. The van der Waals surface area contributed by atoms with Gasteiger partial charge in [-0.2, -0.15) is 0 Å². The molecule has 0 fully saturated rings. The predicted octanol–water partition coefficient (Wildman–Crippen LogP) is 12.3. The predicted molar refractivity (Wildman–Crippen MR) is 216 cm³/mol. The molecule has 0 rings (SSSR count). The number of hydrogen-bond acceptors (Lipinski definition) is 5. The molecule has 0 aromatic heterocycles. The summed E-state index contributed by atoms with van der Waals surface area (Å²) < 4.78 is 5.96.